The van der Waals surface area contributed by atoms with Gasteiger partial charge in [-0.3, -0.25) is 4.79 Å². The van der Waals surface area contributed by atoms with E-state index in [1.807, 2.05) is 0 Å². The number of carbonyl (C=O) groups is 1. The van der Waals surface area contributed by atoms with Crippen LogP contribution >= 0.6 is 0 Å². The number of Topliss-reactive ketones (excluding diaryl/α,β-unsaturated/α-hetero) is 1. The van der Waals surface area contributed by atoms with E-state index in [1.54, 1.807) is 0 Å². The Morgan fingerprint density at radius 2 is 1.78 bits per heavy atom. The number of aliphatic hydroxyl groups excluding tert-OH is 2. The Bertz CT molecular complexity index is 789. The van der Waals surface area contributed by atoms with E-state index < -0.39 is 18.0 Å². The lowest BCUT2D eigenvalue weighted by Gasteiger charge is -2.61. The minimum Gasteiger partial charge on any atom is -0.390 e. The molecule has 2 heterocycles. The fourth-order valence-electron chi connectivity index (χ4n) is 9.97. The van der Waals surface area contributed by atoms with Crippen LogP contribution in [0.25, 0.3) is 0 Å². The normalized spacial score (nSPS) is 61.8. The van der Waals surface area contributed by atoms with E-state index in [9.17, 15) is 15.0 Å². The average Bonchev–Trinajstić information content (AvgIpc) is 3.19. The van der Waals surface area contributed by atoms with Crippen molar-refractivity contribution in [2.75, 3.05) is 6.61 Å². The molecule has 4 saturated carbocycles. The van der Waals surface area contributed by atoms with Crippen LogP contribution in [0.15, 0.2) is 0 Å². The van der Waals surface area contributed by atoms with Gasteiger partial charge in [0, 0.05) is 30.1 Å². The molecule has 13 atom stereocenters. The molecule has 0 aromatic heterocycles. The van der Waals surface area contributed by atoms with E-state index in [0.717, 1.165) is 38.7 Å². The first-order valence-electron chi connectivity index (χ1n) is 13.3. The number of ether oxygens (including phenoxy) is 2. The summed E-state index contributed by atoms with van der Waals surface area (Å²) in [5.41, 5.74) is -0.371. The molecule has 6 fully saturated rings. The Balaban J connectivity index is 1.30. The minimum atomic E-state index is -0.657. The molecule has 0 aromatic rings. The Morgan fingerprint density at radius 1 is 1.00 bits per heavy atom. The van der Waals surface area contributed by atoms with Crippen molar-refractivity contribution in [3.05, 3.63) is 0 Å². The van der Waals surface area contributed by atoms with Crippen LogP contribution in [0.3, 0.4) is 0 Å². The van der Waals surface area contributed by atoms with Gasteiger partial charge < -0.3 is 19.7 Å². The van der Waals surface area contributed by atoms with Crippen LogP contribution in [0.2, 0.25) is 0 Å². The van der Waals surface area contributed by atoms with E-state index in [2.05, 4.69) is 27.7 Å². The summed E-state index contributed by atoms with van der Waals surface area (Å²) in [4.78, 5) is 14.0. The summed E-state index contributed by atoms with van der Waals surface area (Å²) in [6.45, 7) is 9.86. The third-order valence-electron chi connectivity index (χ3n) is 11.8. The minimum absolute atomic E-state index is 0.0490. The summed E-state index contributed by atoms with van der Waals surface area (Å²) < 4.78 is 13.2. The third kappa shape index (κ3) is 2.69. The van der Waals surface area contributed by atoms with Crippen molar-refractivity contribution in [1.29, 1.82) is 0 Å². The molecule has 0 radical (unpaired) electrons. The molecule has 2 N–H and O–H groups in total. The van der Waals surface area contributed by atoms with E-state index >= 15 is 0 Å². The van der Waals surface area contributed by atoms with Crippen molar-refractivity contribution >= 4 is 5.78 Å². The van der Waals surface area contributed by atoms with Crippen LogP contribution in [0, 0.1) is 52.3 Å². The van der Waals surface area contributed by atoms with Gasteiger partial charge in [-0.2, -0.15) is 0 Å². The molecule has 2 saturated heterocycles. The average molecular weight is 447 g/mol. The Kier molecular flexibility index (Phi) is 4.83. The van der Waals surface area contributed by atoms with Gasteiger partial charge in [-0.05, 0) is 73.5 Å². The number of hydrogen-bond donors (Lipinski definition) is 2. The highest BCUT2D eigenvalue weighted by molar-refractivity contribution is 5.87. The van der Waals surface area contributed by atoms with E-state index in [1.165, 1.54) is 0 Å². The fraction of sp³-hybridized carbons (Fsp3) is 0.963. The number of fused-ring (bicyclic) bond motifs is 7. The second-order valence-corrected chi connectivity index (χ2v) is 13.1. The molecule has 5 heteroatoms. The molecule has 0 aromatic carbocycles. The summed E-state index contributed by atoms with van der Waals surface area (Å²) in [6, 6.07) is 0. The standard InChI is InChI=1S/C27H42O5/c1-14-7-8-27(31-13-14)15(2)24-22(32-27)10-19-17-6-5-16-9-20(28)21(29)12-25(16,3)18(17)11-23(30)26(19,24)4/h14-22,24,28-29H,5-13H2,1-4H3/t14?,15-,16-,17?,18?,19?,20+,21+,22-,24-,25-,26+,27+/m0/s1. The molecule has 0 bridgehead atoms. The molecule has 4 unspecified atom stereocenters. The Hall–Kier alpha value is -0.490. The predicted octanol–water partition coefficient (Wildman–Crippen LogP) is 3.94. The first-order valence-corrected chi connectivity index (χ1v) is 13.3. The fourth-order valence-corrected chi connectivity index (χ4v) is 9.97. The molecule has 0 amide bonds. The van der Waals surface area contributed by atoms with Crippen LogP contribution < -0.4 is 0 Å². The molecular formula is C27H42O5. The van der Waals surface area contributed by atoms with E-state index in [4.69, 9.17) is 9.47 Å². The van der Waals surface area contributed by atoms with Crippen molar-refractivity contribution in [3.8, 4) is 0 Å². The summed E-state index contributed by atoms with van der Waals surface area (Å²) >= 11 is 0. The SMILES string of the molecule is CC1CC[C@@]2(OC1)O[C@H]1CC3C4CC[C@H]5C[C@@H](O)[C@H](O)C[C@]5(C)C4CC(=O)[C@]3(C)[C@H]1[C@@H]2C. The van der Waals surface area contributed by atoms with Gasteiger partial charge in [-0.1, -0.05) is 27.7 Å². The van der Waals surface area contributed by atoms with Crippen molar-refractivity contribution in [2.45, 2.75) is 103 Å². The third-order valence-corrected chi connectivity index (χ3v) is 11.8. The second-order valence-electron chi connectivity index (χ2n) is 13.1. The molecule has 6 aliphatic rings. The predicted molar refractivity (Wildman–Crippen MR) is 120 cm³/mol. The van der Waals surface area contributed by atoms with Crippen LogP contribution in [-0.2, 0) is 14.3 Å². The monoisotopic (exact) mass is 446 g/mol. The van der Waals surface area contributed by atoms with Crippen molar-refractivity contribution in [1.82, 2.24) is 0 Å². The molecule has 1 spiro atoms. The number of hydrogen-bond acceptors (Lipinski definition) is 5. The first kappa shape index (κ1) is 22.0. The Labute approximate surface area is 192 Å². The lowest BCUT2D eigenvalue weighted by atomic mass is 9.43. The van der Waals surface area contributed by atoms with Gasteiger partial charge in [0.2, 0.25) is 0 Å². The van der Waals surface area contributed by atoms with Crippen LogP contribution in [0.5, 0.6) is 0 Å². The smallest absolute Gasteiger partial charge is 0.171 e. The molecule has 6 rings (SSSR count). The lowest BCUT2D eigenvalue weighted by molar-refractivity contribution is -0.272. The second kappa shape index (κ2) is 7.02. The molecular weight excluding hydrogens is 404 g/mol. The molecule has 180 valence electrons. The lowest BCUT2D eigenvalue weighted by Crippen LogP contribution is -2.59. The van der Waals surface area contributed by atoms with Gasteiger partial charge in [0.05, 0.1) is 24.9 Å². The quantitative estimate of drug-likeness (QED) is 0.589. The van der Waals surface area contributed by atoms with Crippen molar-refractivity contribution in [3.63, 3.8) is 0 Å². The molecule has 4 aliphatic carbocycles. The highest BCUT2D eigenvalue weighted by Gasteiger charge is 2.71. The zero-order chi connectivity index (χ0) is 22.6. The van der Waals surface area contributed by atoms with Gasteiger partial charge >= 0.3 is 0 Å². The molecule has 2 aliphatic heterocycles. The maximum absolute atomic E-state index is 14.0. The number of aliphatic hydroxyl groups is 2. The number of ketones is 1. The largest absolute Gasteiger partial charge is 0.390 e. The highest BCUT2D eigenvalue weighted by atomic mass is 16.7. The zero-order valence-electron chi connectivity index (χ0n) is 20.3. The summed E-state index contributed by atoms with van der Waals surface area (Å²) in [7, 11) is 0. The van der Waals surface area contributed by atoms with Crippen LogP contribution in [0.1, 0.15) is 79.1 Å². The number of rotatable bonds is 0. The van der Waals surface area contributed by atoms with Crippen molar-refractivity contribution < 1.29 is 24.5 Å². The van der Waals surface area contributed by atoms with Crippen LogP contribution in [0.4, 0.5) is 0 Å². The van der Waals surface area contributed by atoms with Gasteiger partial charge in [0.15, 0.2) is 5.79 Å². The topological polar surface area (TPSA) is 76.0 Å². The maximum atomic E-state index is 14.0. The van der Waals surface area contributed by atoms with Gasteiger partial charge in [-0.25, -0.2) is 0 Å². The Morgan fingerprint density at radius 3 is 2.50 bits per heavy atom. The summed E-state index contributed by atoms with van der Waals surface area (Å²) in [5, 5.41) is 20.8. The van der Waals surface area contributed by atoms with Gasteiger partial charge in [0.1, 0.15) is 5.78 Å². The van der Waals surface area contributed by atoms with Crippen molar-refractivity contribution in [2.24, 2.45) is 52.3 Å². The highest BCUT2D eigenvalue weighted by Crippen LogP contribution is 2.70. The summed E-state index contributed by atoms with van der Waals surface area (Å²) in [6.07, 6.45) is 6.12. The first-order chi connectivity index (χ1) is 15.1. The van der Waals surface area contributed by atoms with Gasteiger partial charge in [-0.15, -0.1) is 0 Å². The van der Waals surface area contributed by atoms with Crippen LogP contribution in [-0.4, -0.2) is 46.7 Å². The summed E-state index contributed by atoms with van der Waals surface area (Å²) in [5.74, 6) is 2.64. The zero-order valence-corrected chi connectivity index (χ0v) is 20.3. The van der Waals surface area contributed by atoms with E-state index in [0.29, 0.717) is 54.6 Å². The molecule has 32 heavy (non-hydrogen) atoms. The maximum Gasteiger partial charge on any atom is 0.171 e. The van der Waals surface area contributed by atoms with Gasteiger partial charge in [0.25, 0.3) is 0 Å². The van der Waals surface area contributed by atoms with E-state index in [-0.39, 0.29) is 28.8 Å². The number of carbonyl (C=O) groups excluding carboxylic acids is 1. The molecule has 5 nitrogen and oxygen atoms in total.